The molecule has 1 heterocycles. The first-order valence-corrected chi connectivity index (χ1v) is 15.3. The first-order valence-electron chi connectivity index (χ1n) is 10.9. The van der Waals surface area contributed by atoms with E-state index in [1.807, 2.05) is 18.2 Å². The van der Waals surface area contributed by atoms with Crippen LogP contribution in [-0.4, -0.2) is 66.9 Å². The highest BCUT2D eigenvalue weighted by molar-refractivity contribution is 14.1. The number of primary sulfonamides is 1. The number of nitrogens with two attached hydrogens (primary N) is 1. The number of sulfonamides is 1. The maximum absolute atomic E-state index is 12.6. The topological polar surface area (TPSA) is 110 Å². The fourth-order valence-corrected chi connectivity index (χ4v) is 7.00. The fourth-order valence-electron chi connectivity index (χ4n) is 4.03. The van der Waals surface area contributed by atoms with Crippen molar-refractivity contribution in [2.45, 2.75) is 33.1 Å². The van der Waals surface area contributed by atoms with Gasteiger partial charge in [0.1, 0.15) is 5.75 Å². The maximum atomic E-state index is 12.6. The number of ketones is 1. The second kappa shape index (κ2) is 11.9. The molecule has 8 nitrogen and oxygen atoms in total. The number of rotatable bonds is 10. The number of halogens is 1. The molecule has 0 amide bonds. The third-order valence-electron chi connectivity index (χ3n) is 5.83. The molecule has 1 aliphatic rings. The second-order valence-corrected chi connectivity index (χ2v) is 12.4. The number of Topliss-reactive ketones (excluding diaryl/α,β-unsaturated/α-hetero) is 1. The predicted molar refractivity (Wildman–Crippen MR) is 143 cm³/mol. The number of carbonyl (C=O) groups is 1. The Hall–Kier alpha value is -1.54. The van der Waals surface area contributed by atoms with Crippen molar-refractivity contribution >= 4 is 54.9 Å². The Kier molecular flexibility index (Phi) is 9.49. The van der Waals surface area contributed by atoms with E-state index in [2.05, 4.69) is 38.5 Å². The third kappa shape index (κ3) is 6.78. The molecule has 0 spiro atoms. The zero-order valence-corrected chi connectivity index (χ0v) is 23.1. The summed E-state index contributed by atoms with van der Waals surface area (Å²) in [7, 11) is -3.91. The van der Waals surface area contributed by atoms with Crippen molar-refractivity contribution in [3.8, 4) is 5.75 Å². The molecule has 0 bridgehead atoms. The average Bonchev–Trinajstić information content (AvgIpc) is 2.81. The number of benzene rings is 2. The lowest BCUT2D eigenvalue weighted by molar-refractivity contribution is 0.0977. The van der Waals surface area contributed by atoms with E-state index < -0.39 is 20.8 Å². The molecule has 3 rings (SSSR count). The Morgan fingerprint density at radius 3 is 2.59 bits per heavy atom. The SMILES string of the molecule is COc1ccccc1N1CCN(CCCCC(=O)c2ccc(S(C)=O)c(S(N)(=O)=O)c2)C(I)C1. The van der Waals surface area contributed by atoms with Crippen LogP contribution in [0.4, 0.5) is 5.69 Å². The summed E-state index contributed by atoms with van der Waals surface area (Å²) in [5.74, 6) is 0.729. The molecule has 2 aromatic carbocycles. The monoisotopic (exact) mass is 619 g/mol. The van der Waals surface area contributed by atoms with Gasteiger partial charge >= 0.3 is 0 Å². The van der Waals surface area contributed by atoms with Crippen molar-refractivity contribution in [1.29, 1.82) is 0 Å². The summed E-state index contributed by atoms with van der Waals surface area (Å²) in [6.07, 6.45) is 3.24. The molecule has 1 aliphatic heterocycles. The summed E-state index contributed by atoms with van der Waals surface area (Å²) >= 11 is 2.46. The number of alkyl halides is 1. The molecule has 0 saturated carbocycles. The number of methoxy groups -OCH3 is 1. The normalized spacial score (nSPS) is 18.0. The second-order valence-electron chi connectivity index (χ2n) is 8.13. The van der Waals surface area contributed by atoms with Gasteiger partial charge in [0.2, 0.25) is 10.0 Å². The molecule has 2 unspecified atom stereocenters. The van der Waals surface area contributed by atoms with Crippen molar-refractivity contribution in [2.75, 3.05) is 44.4 Å². The molecule has 0 aromatic heterocycles. The van der Waals surface area contributed by atoms with Gasteiger partial charge in [0.05, 0.1) is 37.4 Å². The van der Waals surface area contributed by atoms with E-state index in [-0.39, 0.29) is 21.1 Å². The molecule has 34 heavy (non-hydrogen) atoms. The number of piperazine rings is 1. The van der Waals surface area contributed by atoms with E-state index in [0.29, 0.717) is 16.9 Å². The van der Waals surface area contributed by atoms with Crippen LogP contribution in [0.25, 0.3) is 0 Å². The minimum atomic E-state index is -4.07. The highest BCUT2D eigenvalue weighted by Crippen LogP contribution is 2.30. The largest absolute Gasteiger partial charge is 0.495 e. The molecule has 2 N–H and O–H groups in total. The highest BCUT2D eigenvalue weighted by Gasteiger charge is 2.26. The van der Waals surface area contributed by atoms with Gasteiger partial charge in [0, 0.05) is 37.9 Å². The minimum absolute atomic E-state index is 0.111. The van der Waals surface area contributed by atoms with Gasteiger partial charge < -0.3 is 9.64 Å². The lowest BCUT2D eigenvalue weighted by Gasteiger charge is -2.40. The number of hydrogen-bond donors (Lipinski definition) is 1. The van der Waals surface area contributed by atoms with Gasteiger partial charge in [0.25, 0.3) is 0 Å². The van der Waals surface area contributed by atoms with Crippen LogP contribution in [0.1, 0.15) is 29.6 Å². The van der Waals surface area contributed by atoms with Crippen LogP contribution < -0.4 is 14.8 Å². The van der Waals surface area contributed by atoms with Crippen LogP contribution in [0.15, 0.2) is 52.3 Å². The summed E-state index contributed by atoms with van der Waals surface area (Å²) in [6.45, 7) is 3.60. The Morgan fingerprint density at radius 1 is 1.21 bits per heavy atom. The Bertz CT molecular complexity index is 1160. The molecule has 1 saturated heterocycles. The van der Waals surface area contributed by atoms with Crippen molar-refractivity contribution < 1.29 is 22.2 Å². The molecule has 0 aliphatic carbocycles. The fraction of sp³-hybridized carbons (Fsp3) is 0.435. The third-order valence-corrected chi connectivity index (χ3v) is 9.07. The Labute approximate surface area is 217 Å². The van der Waals surface area contributed by atoms with Gasteiger partial charge in [-0.25, -0.2) is 13.6 Å². The predicted octanol–water partition coefficient (Wildman–Crippen LogP) is 3.02. The standard InChI is InChI=1S/C23H30IN3O5S2/c1-32-20-9-4-3-7-18(20)27-14-13-26(23(24)16-27)12-6-5-8-19(28)17-10-11-21(33(2)29)22(15-17)34(25,30)31/h3-4,7,9-11,15,23H,5-6,8,12-14,16H2,1-2H3,(H2,25,30,31). The molecule has 0 radical (unpaired) electrons. The molecule has 186 valence electrons. The number of unbranched alkanes of at least 4 members (excludes halogenated alkanes) is 1. The summed E-state index contributed by atoms with van der Waals surface area (Å²) < 4.78 is 41.4. The molecule has 11 heteroatoms. The van der Waals surface area contributed by atoms with Crippen LogP contribution in [0.2, 0.25) is 0 Å². The summed E-state index contributed by atoms with van der Waals surface area (Å²) in [6, 6.07) is 12.2. The van der Waals surface area contributed by atoms with E-state index in [1.165, 1.54) is 24.5 Å². The van der Waals surface area contributed by atoms with Crippen LogP contribution in [-0.2, 0) is 20.8 Å². The van der Waals surface area contributed by atoms with E-state index in [0.717, 1.165) is 44.0 Å². The van der Waals surface area contributed by atoms with Gasteiger partial charge in [-0.1, -0.05) is 40.8 Å². The van der Waals surface area contributed by atoms with Gasteiger partial charge in [-0.2, -0.15) is 0 Å². The van der Waals surface area contributed by atoms with Crippen molar-refractivity contribution in [1.82, 2.24) is 4.90 Å². The number of carbonyl (C=O) groups excluding carboxylic acids is 1. The van der Waals surface area contributed by atoms with Gasteiger partial charge in [-0.05, 0) is 43.7 Å². The highest BCUT2D eigenvalue weighted by atomic mass is 127. The summed E-state index contributed by atoms with van der Waals surface area (Å²) in [5.41, 5.74) is 1.38. The molecule has 2 aromatic rings. The molecule has 1 fully saturated rings. The van der Waals surface area contributed by atoms with Crippen LogP contribution in [0.5, 0.6) is 5.75 Å². The summed E-state index contributed by atoms with van der Waals surface area (Å²) in [5, 5.41) is 5.25. The average molecular weight is 620 g/mol. The molecular weight excluding hydrogens is 589 g/mol. The summed E-state index contributed by atoms with van der Waals surface area (Å²) in [4.78, 5) is 17.3. The number of anilines is 1. The molecular formula is C23H30IN3O5S2. The smallest absolute Gasteiger partial charge is 0.239 e. The van der Waals surface area contributed by atoms with Crippen molar-refractivity contribution in [3.05, 3.63) is 48.0 Å². The first kappa shape index (κ1) is 27.1. The van der Waals surface area contributed by atoms with Crippen LogP contribution in [0.3, 0.4) is 0 Å². The van der Waals surface area contributed by atoms with Gasteiger partial charge in [-0.3, -0.25) is 13.9 Å². The van der Waals surface area contributed by atoms with Crippen molar-refractivity contribution in [2.24, 2.45) is 5.14 Å². The lowest BCUT2D eigenvalue weighted by Crippen LogP contribution is -2.50. The maximum Gasteiger partial charge on any atom is 0.239 e. The zero-order valence-electron chi connectivity index (χ0n) is 19.3. The van der Waals surface area contributed by atoms with E-state index in [4.69, 9.17) is 9.88 Å². The van der Waals surface area contributed by atoms with E-state index >= 15 is 0 Å². The number of ether oxygens (including phenoxy) is 1. The minimum Gasteiger partial charge on any atom is -0.495 e. The number of nitrogens with zero attached hydrogens (tertiary/aromatic N) is 2. The Balaban J connectivity index is 1.51. The zero-order chi connectivity index (χ0) is 24.9. The lowest BCUT2D eigenvalue weighted by atomic mass is 10.1. The van der Waals surface area contributed by atoms with Crippen LogP contribution >= 0.6 is 22.6 Å². The van der Waals surface area contributed by atoms with Crippen LogP contribution in [0, 0.1) is 0 Å². The van der Waals surface area contributed by atoms with Gasteiger partial charge in [0.15, 0.2) is 5.78 Å². The van der Waals surface area contributed by atoms with Gasteiger partial charge in [-0.15, -0.1) is 0 Å². The number of hydrogen-bond acceptors (Lipinski definition) is 7. The van der Waals surface area contributed by atoms with E-state index in [9.17, 15) is 17.4 Å². The van der Waals surface area contributed by atoms with E-state index in [1.54, 1.807) is 7.11 Å². The van der Waals surface area contributed by atoms with Crippen molar-refractivity contribution in [3.63, 3.8) is 0 Å². The molecule has 2 atom stereocenters. The Morgan fingerprint density at radius 2 is 1.94 bits per heavy atom. The first-order chi connectivity index (χ1) is 16.1. The quantitative estimate of drug-likeness (QED) is 0.143. The number of para-hydroxylation sites is 2.